The molecule has 166 valence electrons. The highest BCUT2D eigenvalue weighted by molar-refractivity contribution is 7.69. The molecule has 1 fully saturated rings. The standard InChI is InChI=1S/C10H15N6O11P3/c11-8-7-9(13-4-12-8)16(15-14-7)10-6(17)3-5(25-10)1-2-28(18,19)26-30(23,24)27-29(20,21)22/h1-2,4-6,10,17H,3H2,(H,18,19)(H,23,24)(H2,11,12,13)(H2,20,21,22)/t5-,6-,10-/m1/s1. The summed E-state index contributed by atoms with van der Waals surface area (Å²) in [5, 5.41) is 17.8. The first kappa shape index (κ1) is 23.1. The Kier molecular flexibility index (Phi) is 6.26. The third-order valence-electron chi connectivity index (χ3n) is 3.57. The first-order valence-corrected chi connectivity index (χ1v) is 12.4. The predicted octanol–water partition coefficient (Wildman–Crippen LogP) is -0.623. The van der Waals surface area contributed by atoms with Crippen molar-refractivity contribution in [2.24, 2.45) is 0 Å². The first-order chi connectivity index (χ1) is 13.8. The van der Waals surface area contributed by atoms with Crippen LogP contribution in [0.5, 0.6) is 0 Å². The minimum atomic E-state index is -5.56. The van der Waals surface area contributed by atoms with E-state index in [2.05, 4.69) is 28.9 Å². The van der Waals surface area contributed by atoms with Gasteiger partial charge in [-0.2, -0.15) is 8.99 Å². The second kappa shape index (κ2) is 8.15. The van der Waals surface area contributed by atoms with Gasteiger partial charge in [-0.15, -0.1) is 5.10 Å². The lowest BCUT2D eigenvalue weighted by Crippen LogP contribution is -2.21. The zero-order valence-electron chi connectivity index (χ0n) is 14.5. The van der Waals surface area contributed by atoms with E-state index in [9.17, 15) is 23.7 Å². The number of aromatic nitrogens is 5. The van der Waals surface area contributed by atoms with Crippen LogP contribution in [0, 0.1) is 0 Å². The summed E-state index contributed by atoms with van der Waals surface area (Å²) >= 11 is 0. The minimum absolute atomic E-state index is 0.0551. The Labute approximate surface area is 166 Å². The van der Waals surface area contributed by atoms with Crippen molar-refractivity contribution in [3.63, 3.8) is 0 Å². The van der Waals surface area contributed by atoms with E-state index < -0.39 is 41.7 Å². The number of aliphatic hydroxyl groups excluding tert-OH is 1. The number of phosphoric acid groups is 2. The van der Waals surface area contributed by atoms with Gasteiger partial charge in [0, 0.05) is 12.2 Å². The minimum Gasteiger partial charge on any atom is -0.388 e. The molecular formula is C10H15N6O11P3. The summed E-state index contributed by atoms with van der Waals surface area (Å²) in [5.74, 6) is 0.498. The summed E-state index contributed by atoms with van der Waals surface area (Å²) in [4.78, 5) is 43.5. The Morgan fingerprint density at radius 3 is 2.57 bits per heavy atom. The first-order valence-electron chi connectivity index (χ1n) is 7.74. The smallest absolute Gasteiger partial charge is 0.388 e. The second-order valence-electron chi connectivity index (χ2n) is 5.86. The zero-order valence-corrected chi connectivity index (χ0v) is 17.2. The van der Waals surface area contributed by atoms with E-state index in [0.717, 1.165) is 17.1 Å². The molecule has 2 unspecified atom stereocenters. The molecule has 0 amide bonds. The summed E-state index contributed by atoms with van der Waals surface area (Å²) in [7, 11) is -16.0. The number of hydrogen-bond donors (Lipinski definition) is 6. The van der Waals surface area contributed by atoms with Gasteiger partial charge in [-0.05, 0) is 6.08 Å². The maximum atomic E-state index is 11.9. The Hall–Kier alpha value is -1.61. The van der Waals surface area contributed by atoms with E-state index in [4.69, 9.17) is 25.2 Å². The predicted molar refractivity (Wildman–Crippen MR) is 95.1 cm³/mol. The molecule has 3 rings (SSSR count). The van der Waals surface area contributed by atoms with Gasteiger partial charge >= 0.3 is 23.2 Å². The summed E-state index contributed by atoms with van der Waals surface area (Å²) in [5.41, 5.74) is 6.00. The van der Waals surface area contributed by atoms with Gasteiger partial charge in [0.25, 0.3) is 0 Å². The van der Waals surface area contributed by atoms with Crippen LogP contribution in [0.4, 0.5) is 5.82 Å². The van der Waals surface area contributed by atoms with Crippen molar-refractivity contribution in [1.29, 1.82) is 0 Å². The number of nitrogen functional groups attached to an aromatic ring is 1. The normalized spacial score (nSPS) is 26.8. The lowest BCUT2D eigenvalue weighted by atomic mass is 10.2. The highest BCUT2D eigenvalue weighted by atomic mass is 31.3. The van der Waals surface area contributed by atoms with Crippen molar-refractivity contribution in [2.45, 2.75) is 24.9 Å². The maximum absolute atomic E-state index is 11.9. The third kappa shape index (κ3) is 5.55. The van der Waals surface area contributed by atoms with Crippen molar-refractivity contribution in [1.82, 2.24) is 25.0 Å². The molecule has 7 N–H and O–H groups in total. The van der Waals surface area contributed by atoms with E-state index in [1.54, 1.807) is 0 Å². The van der Waals surface area contributed by atoms with Gasteiger partial charge in [0.15, 0.2) is 23.2 Å². The summed E-state index contributed by atoms with van der Waals surface area (Å²) in [6.45, 7) is 0. The topological polar surface area (TPSA) is 263 Å². The number of aliphatic hydroxyl groups is 1. The highest BCUT2D eigenvalue weighted by Crippen LogP contribution is 2.66. The van der Waals surface area contributed by atoms with Crippen molar-refractivity contribution >= 4 is 40.2 Å². The van der Waals surface area contributed by atoms with Crippen molar-refractivity contribution in [2.75, 3.05) is 5.73 Å². The summed E-state index contributed by atoms with van der Waals surface area (Å²) in [6, 6.07) is 0. The lowest BCUT2D eigenvalue weighted by Gasteiger charge is -2.15. The van der Waals surface area contributed by atoms with E-state index >= 15 is 0 Å². The molecule has 2 aromatic heterocycles. The molecule has 0 bridgehead atoms. The molecule has 0 aromatic carbocycles. The van der Waals surface area contributed by atoms with E-state index in [0.29, 0.717) is 5.82 Å². The van der Waals surface area contributed by atoms with Gasteiger partial charge in [0.1, 0.15) is 12.4 Å². The number of nitrogens with two attached hydrogens (primary N) is 1. The molecule has 5 atom stereocenters. The fraction of sp³-hybridized carbons (Fsp3) is 0.400. The number of anilines is 1. The molecule has 1 aliphatic heterocycles. The lowest BCUT2D eigenvalue weighted by molar-refractivity contribution is -0.0313. The molecule has 17 nitrogen and oxygen atoms in total. The highest BCUT2D eigenvalue weighted by Gasteiger charge is 2.40. The van der Waals surface area contributed by atoms with Crippen LogP contribution in [0.15, 0.2) is 18.2 Å². The molecule has 30 heavy (non-hydrogen) atoms. The monoisotopic (exact) mass is 488 g/mol. The number of nitrogens with zero attached hydrogens (tertiary/aromatic N) is 5. The Bertz CT molecular complexity index is 1120. The molecule has 0 aliphatic carbocycles. The quantitative estimate of drug-likeness (QED) is 0.265. The molecule has 3 heterocycles. The molecule has 1 aliphatic rings. The van der Waals surface area contributed by atoms with Crippen LogP contribution < -0.4 is 5.73 Å². The average molecular weight is 488 g/mol. The van der Waals surface area contributed by atoms with Gasteiger partial charge in [0.05, 0.1) is 6.10 Å². The van der Waals surface area contributed by atoms with Gasteiger partial charge in [-0.1, -0.05) is 5.21 Å². The van der Waals surface area contributed by atoms with Crippen molar-refractivity contribution < 1.29 is 51.7 Å². The van der Waals surface area contributed by atoms with Gasteiger partial charge in [-0.25, -0.2) is 23.4 Å². The maximum Gasteiger partial charge on any atom is 0.488 e. The second-order valence-corrected chi connectivity index (χ2v) is 10.5. The SMILES string of the molecule is Nc1ncnc2c1nnn2[C@@H]1O[C@H](C=CP(=O)(O)OP(=O)(O)OP(=O)(O)O)C[C@H]1O. The molecule has 0 radical (unpaired) electrons. The zero-order chi connectivity index (χ0) is 22.3. The molecular weight excluding hydrogens is 473 g/mol. The molecule has 1 saturated heterocycles. The van der Waals surface area contributed by atoms with Gasteiger partial charge in [0.2, 0.25) is 0 Å². The average Bonchev–Trinajstić information content (AvgIpc) is 3.13. The van der Waals surface area contributed by atoms with Crippen LogP contribution in [0.1, 0.15) is 12.6 Å². The molecule has 0 spiro atoms. The van der Waals surface area contributed by atoms with E-state index in [1.165, 1.54) is 0 Å². The van der Waals surface area contributed by atoms with Gasteiger partial charge < -0.3 is 35.2 Å². The van der Waals surface area contributed by atoms with Crippen LogP contribution >= 0.6 is 23.2 Å². The fourth-order valence-electron chi connectivity index (χ4n) is 2.51. The largest absolute Gasteiger partial charge is 0.488 e. The van der Waals surface area contributed by atoms with Gasteiger partial charge in [-0.3, -0.25) is 4.57 Å². The van der Waals surface area contributed by atoms with Crippen molar-refractivity contribution in [3.05, 3.63) is 18.2 Å². The Balaban J connectivity index is 1.71. The van der Waals surface area contributed by atoms with Crippen LogP contribution in [0.3, 0.4) is 0 Å². The fourth-order valence-corrected chi connectivity index (χ4v) is 5.78. The third-order valence-corrected chi connectivity index (χ3v) is 7.55. The number of hydrogen-bond acceptors (Lipinski definition) is 12. The summed E-state index contributed by atoms with van der Waals surface area (Å²) in [6.07, 6.45) is -1.21. The number of rotatable bonds is 7. The van der Waals surface area contributed by atoms with Crippen LogP contribution in [0.25, 0.3) is 11.2 Å². The Morgan fingerprint density at radius 1 is 1.20 bits per heavy atom. The number of ether oxygens (including phenoxy) is 1. The molecule has 0 saturated carbocycles. The van der Waals surface area contributed by atoms with E-state index in [-0.39, 0.29) is 23.4 Å². The van der Waals surface area contributed by atoms with E-state index in [1.807, 2.05) is 0 Å². The van der Waals surface area contributed by atoms with Crippen LogP contribution in [-0.2, 0) is 27.1 Å². The molecule has 2 aromatic rings. The Morgan fingerprint density at radius 2 is 1.90 bits per heavy atom. The molecule has 20 heteroatoms. The van der Waals surface area contributed by atoms with Crippen molar-refractivity contribution in [3.8, 4) is 0 Å². The van der Waals surface area contributed by atoms with Crippen LogP contribution in [0.2, 0.25) is 0 Å². The summed E-state index contributed by atoms with van der Waals surface area (Å²) < 4.78 is 47.9. The number of fused-ring (bicyclic) bond motifs is 1. The van der Waals surface area contributed by atoms with Crippen LogP contribution in [-0.4, -0.2) is 61.8 Å².